The van der Waals surface area contributed by atoms with Crippen LogP contribution in [0.3, 0.4) is 0 Å². The number of benzene rings is 3. The number of aromatic nitrogens is 1. The SMILES string of the molecule is CC(C)c1c[c]c2c3c(C(N)=O)cccc3n(Cc3cccc(F)c3)c2c1. The van der Waals surface area contributed by atoms with Gasteiger partial charge < -0.3 is 10.3 Å². The fourth-order valence-corrected chi connectivity index (χ4v) is 3.60. The van der Waals surface area contributed by atoms with Crippen LogP contribution >= 0.6 is 0 Å². The summed E-state index contributed by atoms with van der Waals surface area (Å²) in [6.07, 6.45) is 0. The van der Waals surface area contributed by atoms with Crippen molar-refractivity contribution in [3.05, 3.63) is 83.2 Å². The largest absolute Gasteiger partial charge is 0.366 e. The second-order valence-corrected chi connectivity index (χ2v) is 7.13. The summed E-state index contributed by atoms with van der Waals surface area (Å²) in [7, 11) is 0. The van der Waals surface area contributed by atoms with Crippen LogP contribution in [-0.2, 0) is 6.54 Å². The molecule has 0 saturated carbocycles. The number of halogens is 1. The smallest absolute Gasteiger partial charge is 0.249 e. The molecule has 0 atom stereocenters. The van der Waals surface area contributed by atoms with Gasteiger partial charge in [0.25, 0.3) is 0 Å². The molecule has 3 aromatic carbocycles. The van der Waals surface area contributed by atoms with Gasteiger partial charge in [0.15, 0.2) is 0 Å². The van der Waals surface area contributed by atoms with E-state index in [1.54, 1.807) is 12.1 Å². The Morgan fingerprint density at radius 3 is 2.63 bits per heavy atom. The molecular formula is C23H20FN2O. The van der Waals surface area contributed by atoms with Crippen LogP contribution in [0.4, 0.5) is 4.39 Å². The topological polar surface area (TPSA) is 48.0 Å². The summed E-state index contributed by atoms with van der Waals surface area (Å²) in [4.78, 5) is 12.0. The highest BCUT2D eigenvalue weighted by molar-refractivity contribution is 6.17. The molecule has 4 aromatic rings. The van der Waals surface area contributed by atoms with E-state index >= 15 is 0 Å². The van der Waals surface area contributed by atoms with E-state index in [9.17, 15) is 9.18 Å². The summed E-state index contributed by atoms with van der Waals surface area (Å²) in [5, 5.41) is 1.66. The number of carbonyl (C=O) groups is 1. The Bertz CT molecular complexity index is 1170. The van der Waals surface area contributed by atoms with Crippen molar-refractivity contribution in [1.82, 2.24) is 4.57 Å². The van der Waals surface area contributed by atoms with Crippen LogP contribution < -0.4 is 5.73 Å². The highest BCUT2D eigenvalue weighted by Crippen LogP contribution is 2.33. The average molecular weight is 359 g/mol. The zero-order valence-corrected chi connectivity index (χ0v) is 15.3. The molecule has 0 aliphatic heterocycles. The summed E-state index contributed by atoms with van der Waals surface area (Å²) >= 11 is 0. The molecule has 0 spiro atoms. The van der Waals surface area contributed by atoms with Crippen LogP contribution in [0.15, 0.2) is 54.6 Å². The summed E-state index contributed by atoms with van der Waals surface area (Å²) in [5.41, 5.74) is 9.97. The van der Waals surface area contributed by atoms with Gasteiger partial charge in [-0.3, -0.25) is 4.79 Å². The molecule has 27 heavy (non-hydrogen) atoms. The van der Waals surface area contributed by atoms with Crippen molar-refractivity contribution < 1.29 is 9.18 Å². The van der Waals surface area contributed by atoms with Crippen molar-refractivity contribution in [1.29, 1.82) is 0 Å². The maximum Gasteiger partial charge on any atom is 0.249 e. The molecule has 0 bridgehead atoms. The van der Waals surface area contributed by atoms with E-state index in [2.05, 4.69) is 30.5 Å². The second kappa shape index (κ2) is 6.54. The van der Waals surface area contributed by atoms with Gasteiger partial charge in [-0.1, -0.05) is 38.1 Å². The molecule has 1 heterocycles. The number of carbonyl (C=O) groups excluding carboxylic acids is 1. The van der Waals surface area contributed by atoms with Gasteiger partial charge in [-0.2, -0.15) is 0 Å². The lowest BCUT2D eigenvalue weighted by Crippen LogP contribution is -2.11. The van der Waals surface area contributed by atoms with Gasteiger partial charge >= 0.3 is 0 Å². The number of fused-ring (bicyclic) bond motifs is 3. The zero-order chi connectivity index (χ0) is 19.1. The number of primary amides is 1. The number of hydrogen-bond acceptors (Lipinski definition) is 1. The first-order chi connectivity index (χ1) is 13.0. The highest BCUT2D eigenvalue weighted by Gasteiger charge is 2.17. The molecule has 4 rings (SSSR count). The van der Waals surface area contributed by atoms with Crippen LogP contribution in [0.5, 0.6) is 0 Å². The second-order valence-electron chi connectivity index (χ2n) is 7.13. The fourth-order valence-electron chi connectivity index (χ4n) is 3.60. The van der Waals surface area contributed by atoms with Gasteiger partial charge in [-0.05, 0) is 53.4 Å². The van der Waals surface area contributed by atoms with Crippen molar-refractivity contribution >= 4 is 27.7 Å². The third-order valence-electron chi connectivity index (χ3n) is 4.98. The lowest BCUT2D eigenvalue weighted by molar-refractivity contribution is 0.100. The van der Waals surface area contributed by atoms with E-state index in [-0.39, 0.29) is 5.82 Å². The Morgan fingerprint density at radius 2 is 1.93 bits per heavy atom. The molecule has 0 aliphatic carbocycles. The quantitative estimate of drug-likeness (QED) is 0.547. The molecule has 3 nitrogen and oxygen atoms in total. The first-order valence-electron chi connectivity index (χ1n) is 8.96. The van der Waals surface area contributed by atoms with E-state index in [1.807, 2.05) is 24.3 Å². The van der Waals surface area contributed by atoms with Gasteiger partial charge in [0.2, 0.25) is 5.91 Å². The van der Waals surface area contributed by atoms with E-state index in [4.69, 9.17) is 5.73 Å². The third-order valence-corrected chi connectivity index (χ3v) is 4.98. The Balaban J connectivity index is 2.05. The average Bonchev–Trinajstić information content (AvgIpc) is 2.95. The highest BCUT2D eigenvalue weighted by atomic mass is 19.1. The van der Waals surface area contributed by atoms with E-state index in [0.717, 1.165) is 32.9 Å². The minimum Gasteiger partial charge on any atom is -0.366 e. The zero-order valence-electron chi connectivity index (χ0n) is 15.3. The Kier molecular flexibility index (Phi) is 4.19. The summed E-state index contributed by atoms with van der Waals surface area (Å²) in [5.74, 6) is -0.380. The van der Waals surface area contributed by atoms with Gasteiger partial charge in [-0.15, -0.1) is 0 Å². The maximum atomic E-state index is 13.7. The summed E-state index contributed by atoms with van der Waals surface area (Å²) < 4.78 is 15.8. The fraction of sp³-hybridized carbons (Fsp3) is 0.174. The van der Waals surface area contributed by atoms with E-state index in [0.29, 0.717) is 18.0 Å². The van der Waals surface area contributed by atoms with Crippen LogP contribution in [0.2, 0.25) is 0 Å². The first-order valence-corrected chi connectivity index (χ1v) is 8.96. The molecule has 1 amide bonds. The normalized spacial score (nSPS) is 11.6. The number of amides is 1. The van der Waals surface area contributed by atoms with Crippen molar-refractivity contribution in [3.63, 3.8) is 0 Å². The van der Waals surface area contributed by atoms with Crippen LogP contribution in [0.25, 0.3) is 21.8 Å². The number of nitrogens with two attached hydrogens (primary N) is 1. The molecule has 0 saturated heterocycles. The molecule has 2 N–H and O–H groups in total. The monoisotopic (exact) mass is 359 g/mol. The Morgan fingerprint density at radius 1 is 1.15 bits per heavy atom. The number of rotatable bonds is 4. The van der Waals surface area contributed by atoms with Crippen LogP contribution in [0.1, 0.15) is 41.3 Å². The first kappa shape index (κ1) is 17.3. The van der Waals surface area contributed by atoms with Crippen LogP contribution in [0, 0.1) is 11.9 Å². The Labute approximate surface area is 157 Å². The molecule has 0 aliphatic rings. The standard InChI is InChI=1S/C23H20FN2O/c1-14(2)16-9-10-18-21(12-16)26(13-15-5-3-6-17(24)11-15)20-8-4-7-19(22(18)20)23(25)27/h3-9,11-12,14H,13H2,1-2H3,(H2,25,27). The predicted molar refractivity (Wildman–Crippen MR) is 106 cm³/mol. The van der Waals surface area contributed by atoms with Crippen molar-refractivity contribution in [2.75, 3.05) is 0 Å². The van der Waals surface area contributed by atoms with E-state index in [1.165, 1.54) is 12.1 Å². The summed E-state index contributed by atoms with van der Waals surface area (Å²) in [6.45, 7) is 4.75. The van der Waals surface area contributed by atoms with Crippen molar-refractivity contribution in [2.45, 2.75) is 26.3 Å². The van der Waals surface area contributed by atoms with Crippen molar-refractivity contribution in [2.24, 2.45) is 5.73 Å². The number of hydrogen-bond donors (Lipinski definition) is 1. The minimum absolute atomic E-state index is 0.263. The molecule has 1 radical (unpaired) electrons. The molecular weight excluding hydrogens is 339 g/mol. The lowest BCUT2D eigenvalue weighted by Gasteiger charge is -2.10. The molecule has 4 heteroatoms. The number of nitrogens with zero attached hydrogens (tertiary/aromatic N) is 1. The van der Waals surface area contributed by atoms with Gasteiger partial charge in [-0.25, -0.2) is 4.39 Å². The van der Waals surface area contributed by atoms with Gasteiger partial charge in [0, 0.05) is 22.9 Å². The van der Waals surface area contributed by atoms with E-state index < -0.39 is 5.91 Å². The van der Waals surface area contributed by atoms with Gasteiger partial charge in [0.1, 0.15) is 5.82 Å². The lowest BCUT2D eigenvalue weighted by atomic mass is 10.00. The molecule has 1 aromatic heterocycles. The third kappa shape index (κ3) is 2.97. The maximum absolute atomic E-state index is 13.7. The minimum atomic E-state index is -0.466. The Hall–Kier alpha value is -3.14. The molecule has 0 fully saturated rings. The molecule has 0 unspecified atom stereocenters. The van der Waals surface area contributed by atoms with Crippen LogP contribution in [-0.4, -0.2) is 10.5 Å². The predicted octanol–water partition coefficient (Wildman–Crippen LogP) is 5.00. The van der Waals surface area contributed by atoms with Crippen molar-refractivity contribution in [3.8, 4) is 0 Å². The summed E-state index contributed by atoms with van der Waals surface area (Å²) in [6, 6.07) is 19.5. The van der Waals surface area contributed by atoms with Gasteiger partial charge in [0.05, 0.1) is 11.0 Å². The molecule has 135 valence electrons.